The van der Waals surface area contributed by atoms with Crippen molar-refractivity contribution >= 4 is 5.91 Å². The molecule has 0 aliphatic carbocycles. The summed E-state index contributed by atoms with van der Waals surface area (Å²) < 4.78 is 0. The van der Waals surface area contributed by atoms with Crippen LogP contribution in [-0.4, -0.2) is 11.9 Å². The van der Waals surface area contributed by atoms with Crippen LogP contribution in [0, 0.1) is 0 Å². The zero-order chi connectivity index (χ0) is 10.4. The maximum atomic E-state index is 10.9. The monoisotopic (exact) mass is 191 g/mol. The maximum Gasteiger partial charge on any atom is 0.217 e. The zero-order valence-electron chi connectivity index (χ0n) is 8.79. The molecule has 0 saturated carbocycles. The third-order valence-corrected chi connectivity index (χ3v) is 2.23. The molecule has 1 N–H and O–H groups in total. The number of hydrogen-bond acceptors (Lipinski definition) is 1. The fourth-order valence-electron chi connectivity index (χ4n) is 1.48. The van der Waals surface area contributed by atoms with Crippen LogP contribution < -0.4 is 5.32 Å². The van der Waals surface area contributed by atoms with Gasteiger partial charge in [-0.3, -0.25) is 4.79 Å². The standard InChI is InChI=1S/C12H17NO/c1-3-12(13-10(2)14)9-11-7-5-4-6-8-11/h4-8,12H,3,9H2,1-2H3,(H,13,14). The lowest BCUT2D eigenvalue weighted by atomic mass is 10.0. The van der Waals surface area contributed by atoms with Gasteiger partial charge >= 0.3 is 0 Å². The van der Waals surface area contributed by atoms with Crippen LogP contribution in [0.3, 0.4) is 0 Å². The molecule has 1 aromatic carbocycles. The highest BCUT2D eigenvalue weighted by Crippen LogP contribution is 2.05. The Labute approximate surface area is 85.3 Å². The van der Waals surface area contributed by atoms with Crippen LogP contribution in [0.5, 0.6) is 0 Å². The molecule has 1 amide bonds. The van der Waals surface area contributed by atoms with Gasteiger partial charge in [-0.25, -0.2) is 0 Å². The van der Waals surface area contributed by atoms with Crippen LogP contribution in [0.2, 0.25) is 0 Å². The van der Waals surface area contributed by atoms with Gasteiger partial charge in [0.2, 0.25) is 5.91 Å². The van der Waals surface area contributed by atoms with Crippen LogP contribution in [-0.2, 0) is 11.2 Å². The molecular formula is C12H17NO. The van der Waals surface area contributed by atoms with Gasteiger partial charge < -0.3 is 5.32 Å². The molecule has 0 radical (unpaired) electrons. The number of benzene rings is 1. The van der Waals surface area contributed by atoms with E-state index in [1.54, 1.807) is 6.92 Å². The first-order chi connectivity index (χ1) is 6.72. The summed E-state index contributed by atoms with van der Waals surface area (Å²) in [4.78, 5) is 10.9. The van der Waals surface area contributed by atoms with Crippen LogP contribution in [0.25, 0.3) is 0 Å². The summed E-state index contributed by atoms with van der Waals surface area (Å²) in [5, 5.41) is 2.94. The molecule has 0 saturated heterocycles. The Balaban J connectivity index is 2.53. The molecule has 14 heavy (non-hydrogen) atoms. The molecule has 2 nitrogen and oxygen atoms in total. The molecule has 1 aromatic rings. The summed E-state index contributed by atoms with van der Waals surface area (Å²) >= 11 is 0. The summed E-state index contributed by atoms with van der Waals surface area (Å²) in [6, 6.07) is 10.5. The third-order valence-electron chi connectivity index (χ3n) is 2.23. The molecule has 0 fully saturated rings. The minimum Gasteiger partial charge on any atom is -0.353 e. The van der Waals surface area contributed by atoms with E-state index in [9.17, 15) is 4.79 Å². The van der Waals surface area contributed by atoms with Crippen molar-refractivity contribution in [2.45, 2.75) is 32.7 Å². The SMILES string of the molecule is CCC(Cc1ccccc1)NC(C)=O. The van der Waals surface area contributed by atoms with Crippen LogP contribution >= 0.6 is 0 Å². The molecule has 1 unspecified atom stereocenters. The summed E-state index contributed by atoms with van der Waals surface area (Å²) in [7, 11) is 0. The second kappa shape index (κ2) is 5.43. The van der Waals surface area contributed by atoms with Crippen molar-refractivity contribution in [2.75, 3.05) is 0 Å². The first-order valence-corrected chi connectivity index (χ1v) is 5.03. The number of rotatable bonds is 4. The van der Waals surface area contributed by atoms with Gasteiger partial charge in [0.15, 0.2) is 0 Å². The molecule has 0 aromatic heterocycles. The van der Waals surface area contributed by atoms with Gasteiger partial charge in [0.1, 0.15) is 0 Å². The van der Waals surface area contributed by atoms with E-state index < -0.39 is 0 Å². The summed E-state index contributed by atoms with van der Waals surface area (Å²) in [6.45, 7) is 3.65. The first-order valence-electron chi connectivity index (χ1n) is 5.03. The van der Waals surface area contributed by atoms with Gasteiger partial charge in [-0.05, 0) is 18.4 Å². The predicted octanol–water partition coefficient (Wildman–Crippen LogP) is 2.14. The molecular weight excluding hydrogens is 174 g/mol. The summed E-state index contributed by atoms with van der Waals surface area (Å²) in [5.41, 5.74) is 1.27. The molecule has 0 heterocycles. The Kier molecular flexibility index (Phi) is 4.17. The zero-order valence-corrected chi connectivity index (χ0v) is 8.79. The predicted molar refractivity (Wildman–Crippen MR) is 58.0 cm³/mol. The third kappa shape index (κ3) is 3.60. The van der Waals surface area contributed by atoms with Crippen molar-refractivity contribution in [3.05, 3.63) is 35.9 Å². The Morgan fingerprint density at radius 2 is 2.00 bits per heavy atom. The topological polar surface area (TPSA) is 29.1 Å². The fourth-order valence-corrected chi connectivity index (χ4v) is 1.48. The van der Waals surface area contributed by atoms with Gasteiger partial charge in [-0.1, -0.05) is 37.3 Å². The number of carbonyl (C=O) groups excluding carboxylic acids is 1. The van der Waals surface area contributed by atoms with Crippen molar-refractivity contribution in [1.29, 1.82) is 0 Å². The molecule has 0 spiro atoms. The maximum absolute atomic E-state index is 10.9. The van der Waals surface area contributed by atoms with E-state index in [1.165, 1.54) is 5.56 Å². The van der Waals surface area contributed by atoms with E-state index in [0.717, 1.165) is 12.8 Å². The Bertz CT molecular complexity index is 282. The minimum atomic E-state index is 0.0489. The lowest BCUT2D eigenvalue weighted by molar-refractivity contribution is -0.119. The van der Waals surface area contributed by atoms with Crippen LogP contribution in [0.1, 0.15) is 25.8 Å². The van der Waals surface area contributed by atoms with E-state index in [1.807, 2.05) is 18.2 Å². The molecule has 0 aliphatic heterocycles. The number of nitrogens with one attached hydrogen (secondary N) is 1. The summed E-state index contributed by atoms with van der Waals surface area (Å²) in [5.74, 6) is 0.0489. The van der Waals surface area contributed by atoms with E-state index >= 15 is 0 Å². The Morgan fingerprint density at radius 3 is 2.50 bits per heavy atom. The second-order valence-corrected chi connectivity index (χ2v) is 3.50. The van der Waals surface area contributed by atoms with Crippen molar-refractivity contribution in [2.24, 2.45) is 0 Å². The molecule has 1 atom stereocenters. The number of carbonyl (C=O) groups is 1. The van der Waals surface area contributed by atoms with Gasteiger partial charge in [-0.2, -0.15) is 0 Å². The van der Waals surface area contributed by atoms with E-state index in [2.05, 4.69) is 24.4 Å². The Hall–Kier alpha value is -1.31. The quantitative estimate of drug-likeness (QED) is 0.776. The Morgan fingerprint density at radius 1 is 1.36 bits per heavy atom. The second-order valence-electron chi connectivity index (χ2n) is 3.50. The van der Waals surface area contributed by atoms with Crippen molar-refractivity contribution in [3.8, 4) is 0 Å². The van der Waals surface area contributed by atoms with Gasteiger partial charge in [-0.15, -0.1) is 0 Å². The first kappa shape index (κ1) is 10.8. The van der Waals surface area contributed by atoms with Crippen molar-refractivity contribution in [1.82, 2.24) is 5.32 Å². The normalized spacial score (nSPS) is 12.1. The molecule has 0 aliphatic rings. The lowest BCUT2D eigenvalue weighted by Crippen LogP contribution is -2.34. The average Bonchev–Trinajstić information content (AvgIpc) is 2.17. The highest BCUT2D eigenvalue weighted by Gasteiger charge is 2.07. The van der Waals surface area contributed by atoms with Gasteiger partial charge in [0.05, 0.1) is 0 Å². The van der Waals surface area contributed by atoms with E-state index in [0.29, 0.717) is 0 Å². The largest absolute Gasteiger partial charge is 0.353 e. The van der Waals surface area contributed by atoms with Gasteiger partial charge in [0, 0.05) is 13.0 Å². The highest BCUT2D eigenvalue weighted by molar-refractivity contribution is 5.73. The summed E-state index contributed by atoms with van der Waals surface area (Å²) in [6.07, 6.45) is 1.88. The highest BCUT2D eigenvalue weighted by atomic mass is 16.1. The van der Waals surface area contributed by atoms with Crippen LogP contribution in [0.4, 0.5) is 0 Å². The molecule has 76 valence electrons. The number of amides is 1. The van der Waals surface area contributed by atoms with Crippen molar-refractivity contribution < 1.29 is 4.79 Å². The lowest BCUT2D eigenvalue weighted by Gasteiger charge is -2.15. The van der Waals surface area contributed by atoms with Crippen molar-refractivity contribution in [3.63, 3.8) is 0 Å². The molecule has 2 heteroatoms. The average molecular weight is 191 g/mol. The van der Waals surface area contributed by atoms with E-state index in [4.69, 9.17) is 0 Å². The van der Waals surface area contributed by atoms with Gasteiger partial charge in [0.25, 0.3) is 0 Å². The minimum absolute atomic E-state index is 0.0489. The van der Waals surface area contributed by atoms with E-state index in [-0.39, 0.29) is 11.9 Å². The molecule has 0 bridgehead atoms. The van der Waals surface area contributed by atoms with Crippen LogP contribution in [0.15, 0.2) is 30.3 Å². The smallest absolute Gasteiger partial charge is 0.217 e. The number of hydrogen-bond donors (Lipinski definition) is 1. The molecule has 1 rings (SSSR count). The fraction of sp³-hybridized carbons (Fsp3) is 0.417.